The summed E-state index contributed by atoms with van der Waals surface area (Å²) in [5.41, 5.74) is 1.41. The molecule has 0 radical (unpaired) electrons. The molecule has 12 heavy (non-hydrogen) atoms. The fourth-order valence-electron chi connectivity index (χ4n) is 1.27. The minimum atomic E-state index is -0.653. The summed E-state index contributed by atoms with van der Waals surface area (Å²) in [5, 5.41) is 13.8. The molecule has 3 heteroatoms. The molecule has 0 aliphatic heterocycles. The Morgan fingerprint density at radius 1 is 1.58 bits per heavy atom. The Morgan fingerprint density at radius 2 is 2.17 bits per heavy atom. The summed E-state index contributed by atoms with van der Waals surface area (Å²) in [7, 11) is 1.90. The number of hydrogen-bond acceptors (Lipinski definition) is 2. The number of aliphatic hydroxyl groups is 1. The highest BCUT2D eigenvalue weighted by atomic mass is 16.3. The predicted molar refractivity (Wildman–Crippen MR) is 47.9 cm³/mol. The van der Waals surface area contributed by atoms with Crippen LogP contribution in [0.1, 0.15) is 25.2 Å². The van der Waals surface area contributed by atoms with E-state index < -0.39 is 5.60 Å². The van der Waals surface area contributed by atoms with Crippen molar-refractivity contribution in [3.63, 3.8) is 0 Å². The first-order valence-electron chi connectivity index (χ1n) is 4.10. The third-order valence-electron chi connectivity index (χ3n) is 1.71. The lowest BCUT2D eigenvalue weighted by Gasteiger charge is -2.16. The van der Waals surface area contributed by atoms with Crippen molar-refractivity contribution in [3.8, 4) is 0 Å². The first kappa shape index (κ1) is 9.26. The van der Waals surface area contributed by atoms with E-state index in [9.17, 15) is 5.11 Å². The average molecular weight is 168 g/mol. The third-order valence-corrected chi connectivity index (χ3v) is 1.71. The Bertz CT molecular complexity index is 271. The normalized spacial score (nSPS) is 12.1. The van der Waals surface area contributed by atoms with Crippen LogP contribution in [0.3, 0.4) is 0 Å². The van der Waals surface area contributed by atoms with Crippen molar-refractivity contribution in [3.05, 3.63) is 17.5 Å². The molecule has 1 N–H and O–H groups in total. The van der Waals surface area contributed by atoms with Gasteiger partial charge in [0.15, 0.2) is 0 Å². The second kappa shape index (κ2) is 2.90. The maximum absolute atomic E-state index is 9.56. The number of aryl methyl sites for hydroxylation is 2. The van der Waals surface area contributed by atoms with E-state index in [0.717, 1.165) is 11.4 Å². The molecular formula is C9H16N2O. The number of hydrogen-bond donors (Lipinski definition) is 1. The van der Waals surface area contributed by atoms with Gasteiger partial charge in [0.05, 0.1) is 11.3 Å². The van der Waals surface area contributed by atoms with Gasteiger partial charge in [-0.2, -0.15) is 5.10 Å². The van der Waals surface area contributed by atoms with Gasteiger partial charge in [0.1, 0.15) is 0 Å². The van der Waals surface area contributed by atoms with Crippen molar-refractivity contribution in [2.45, 2.75) is 32.8 Å². The fraction of sp³-hybridized carbons (Fsp3) is 0.667. The highest BCUT2D eigenvalue weighted by molar-refractivity contribution is 5.10. The van der Waals surface area contributed by atoms with Crippen molar-refractivity contribution >= 4 is 0 Å². The molecule has 3 nitrogen and oxygen atoms in total. The van der Waals surface area contributed by atoms with Crippen LogP contribution in [0.25, 0.3) is 0 Å². The Labute approximate surface area is 73.0 Å². The van der Waals surface area contributed by atoms with Crippen LogP contribution in [0, 0.1) is 6.92 Å². The van der Waals surface area contributed by atoms with Crippen LogP contribution in [0.5, 0.6) is 0 Å². The molecule has 0 aliphatic carbocycles. The topological polar surface area (TPSA) is 38.0 Å². The maximum atomic E-state index is 9.56. The van der Waals surface area contributed by atoms with Gasteiger partial charge in [-0.25, -0.2) is 0 Å². The summed E-state index contributed by atoms with van der Waals surface area (Å²) in [6.07, 6.45) is 0.643. The Balaban J connectivity index is 2.82. The molecule has 68 valence electrons. The monoisotopic (exact) mass is 168 g/mol. The van der Waals surface area contributed by atoms with Crippen LogP contribution >= 0.6 is 0 Å². The van der Waals surface area contributed by atoms with Gasteiger partial charge in [-0.1, -0.05) is 0 Å². The first-order valence-corrected chi connectivity index (χ1v) is 4.10. The van der Waals surface area contributed by atoms with E-state index in [4.69, 9.17) is 0 Å². The highest BCUT2D eigenvalue weighted by Gasteiger charge is 2.15. The lowest BCUT2D eigenvalue weighted by Crippen LogP contribution is -2.23. The second-order valence-electron chi connectivity index (χ2n) is 3.89. The summed E-state index contributed by atoms with van der Waals surface area (Å²) in [6, 6.07) is 2.00. The minimum Gasteiger partial charge on any atom is -0.390 e. The lowest BCUT2D eigenvalue weighted by molar-refractivity contribution is 0.0789. The zero-order valence-electron chi connectivity index (χ0n) is 8.13. The molecule has 0 aliphatic rings. The van der Waals surface area contributed by atoms with Crippen LogP contribution in [-0.4, -0.2) is 20.5 Å². The van der Waals surface area contributed by atoms with E-state index in [0.29, 0.717) is 6.42 Å². The van der Waals surface area contributed by atoms with Crippen LogP contribution < -0.4 is 0 Å². The van der Waals surface area contributed by atoms with Crippen molar-refractivity contribution in [2.24, 2.45) is 7.05 Å². The Morgan fingerprint density at radius 3 is 2.50 bits per heavy atom. The van der Waals surface area contributed by atoms with Crippen molar-refractivity contribution in [2.75, 3.05) is 0 Å². The molecule has 0 atom stereocenters. The smallest absolute Gasteiger partial charge is 0.0646 e. The van der Waals surface area contributed by atoms with Gasteiger partial charge >= 0.3 is 0 Å². The summed E-state index contributed by atoms with van der Waals surface area (Å²) in [6.45, 7) is 5.55. The molecule has 0 saturated carbocycles. The summed E-state index contributed by atoms with van der Waals surface area (Å²) < 4.78 is 1.81. The van der Waals surface area contributed by atoms with Gasteiger partial charge in [0.2, 0.25) is 0 Å². The summed E-state index contributed by atoms with van der Waals surface area (Å²) >= 11 is 0. The van der Waals surface area contributed by atoms with Crippen molar-refractivity contribution in [1.82, 2.24) is 9.78 Å². The van der Waals surface area contributed by atoms with E-state index in [2.05, 4.69) is 5.10 Å². The molecule has 1 rings (SSSR count). The molecular weight excluding hydrogens is 152 g/mol. The van der Waals surface area contributed by atoms with E-state index in [-0.39, 0.29) is 0 Å². The Hall–Kier alpha value is -0.830. The van der Waals surface area contributed by atoms with Gasteiger partial charge in [-0.05, 0) is 26.8 Å². The molecule has 0 spiro atoms. The van der Waals surface area contributed by atoms with Crippen LogP contribution in [0.4, 0.5) is 0 Å². The zero-order chi connectivity index (χ0) is 9.35. The predicted octanol–water partition coefficient (Wildman–Crippen LogP) is 1.04. The quantitative estimate of drug-likeness (QED) is 0.716. The van der Waals surface area contributed by atoms with Crippen molar-refractivity contribution < 1.29 is 5.11 Å². The molecule has 0 saturated heterocycles. The largest absolute Gasteiger partial charge is 0.390 e. The number of nitrogens with zero attached hydrogens (tertiary/aromatic N) is 2. The standard InChI is InChI=1S/C9H16N2O/c1-7-5-8(11(4)10-7)6-9(2,3)12/h5,12H,6H2,1-4H3. The van der Waals surface area contributed by atoms with Gasteiger partial charge in [0, 0.05) is 19.2 Å². The zero-order valence-corrected chi connectivity index (χ0v) is 8.13. The van der Waals surface area contributed by atoms with Crippen LogP contribution in [0.15, 0.2) is 6.07 Å². The molecule has 1 heterocycles. The molecule has 0 fully saturated rings. The van der Waals surface area contributed by atoms with Gasteiger partial charge in [-0.3, -0.25) is 4.68 Å². The molecule has 0 aromatic carbocycles. The summed E-state index contributed by atoms with van der Waals surface area (Å²) in [4.78, 5) is 0. The van der Waals surface area contributed by atoms with Crippen LogP contribution in [0.2, 0.25) is 0 Å². The fourth-order valence-corrected chi connectivity index (χ4v) is 1.27. The lowest BCUT2D eigenvalue weighted by atomic mass is 10.0. The molecule has 1 aromatic rings. The molecule has 0 amide bonds. The van der Waals surface area contributed by atoms with Gasteiger partial charge in [-0.15, -0.1) is 0 Å². The molecule has 0 unspecified atom stereocenters. The molecule has 0 bridgehead atoms. The average Bonchev–Trinajstić information content (AvgIpc) is 2.06. The summed E-state index contributed by atoms with van der Waals surface area (Å²) in [5.74, 6) is 0. The third kappa shape index (κ3) is 2.34. The van der Waals surface area contributed by atoms with E-state index in [1.165, 1.54) is 0 Å². The minimum absolute atomic E-state index is 0.643. The van der Waals surface area contributed by atoms with Gasteiger partial charge < -0.3 is 5.11 Å². The van der Waals surface area contributed by atoms with Crippen molar-refractivity contribution in [1.29, 1.82) is 0 Å². The van der Waals surface area contributed by atoms with E-state index in [1.807, 2.05) is 24.7 Å². The SMILES string of the molecule is Cc1cc(CC(C)(C)O)n(C)n1. The maximum Gasteiger partial charge on any atom is 0.0646 e. The van der Waals surface area contributed by atoms with Crippen LogP contribution in [-0.2, 0) is 13.5 Å². The van der Waals surface area contributed by atoms with E-state index >= 15 is 0 Å². The Kier molecular flexibility index (Phi) is 2.24. The number of aromatic nitrogens is 2. The second-order valence-corrected chi connectivity index (χ2v) is 3.89. The van der Waals surface area contributed by atoms with Gasteiger partial charge in [0.25, 0.3) is 0 Å². The molecule has 1 aromatic heterocycles. The first-order chi connectivity index (χ1) is 5.38. The number of rotatable bonds is 2. The highest BCUT2D eigenvalue weighted by Crippen LogP contribution is 2.12. The van der Waals surface area contributed by atoms with E-state index in [1.54, 1.807) is 13.8 Å².